The van der Waals surface area contributed by atoms with Crippen molar-refractivity contribution in [1.82, 2.24) is 15.2 Å². The number of nitrogens with zero attached hydrogens (tertiary/aromatic N) is 2. The molecule has 1 aliphatic heterocycles. The van der Waals surface area contributed by atoms with Gasteiger partial charge in [0.2, 0.25) is 0 Å². The topological polar surface area (TPSA) is 37.4 Å². The van der Waals surface area contributed by atoms with Gasteiger partial charge in [0.25, 0.3) is 0 Å². The van der Waals surface area contributed by atoms with E-state index in [1.807, 2.05) is 18.3 Å². The highest BCUT2D eigenvalue weighted by molar-refractivity contribution is 5.03. The minimum absolute atomic E-state index is 0.463. The lowest BCUT2D eigenvalue weighted by Gasteiger charge is -2.24. The van der Waals surface area contributed by atoms with E-state index in [0.717, 1.165) is 57.7 Å². The number of hydrogen-bond acceptors (Lipinski definition) is 4. The number of nitrogens with one attached hydrogen (secondary N) is 1. The first-order valence-electron chi connectivity index (χ1n) is 7.25. The summed E-state index contributed by atoms with van der Waals surface area (Å²) in [5, 5.41) is 3.36. The third-order valence-electron chi connectivity index (χ3n) is 3.59. The summed E-state index contributed by atoms with van der Waals surface area (Å²) >= 11 is 0. The summed E-state index contributed by atoms with van der Waals surface area (Å²) < 4.78 is 5.91. The van der Waals surface area contributed by atoms with Gasteiger partial charge in [0.1, 0.15) is 0 Å². The van der Waals surface area contributed by atoms with Crippen molar-refractivity contribution in [1.29, 1.82) is 0 Å². The Bertz CT molecular complexity index is 339. The first-order valence-corrected chi connectivity index (χ1v) is 7.25. The smallest absolute Gasteiger partial charge is 0.0600 e. The van der Waals surface area contributed by atoms with Crippen molar-refractivity contribution >= 4 is 0 Å². The van der Waals surface area contributed by atoms with Crippen LogP contribution in [-0.2, 0) is 11.2 Å². The van der Waals surface area contributed by atoms with Crippen molar-refractivity contribution in [3.8, 4) is 0 Å². The zero-order chi connectivity index (χ0) is 13.3. The summed E-state index contributed by atoms with van der Waals surface area (Å²) in [5.74, 6) is 0. The SMILES string of the molecule is CN(CCOC1CCNCC1)CCc1ccccn1. The zero-order valence-corrected chi connectivity index (χ0v) is 11.8. The van der Waals surface area contributed by atoms with Gasteiger partial charge in [0.15, 0.2) is 0 Å². The predicted molar refractivity (Wildman–Crippen MR) is 77.3 cm³/mol. The quantitative estimate of drug-likeness (QED) is 0.805. The lowest BCUT2D eigenvalue weighted by molar-refractivity contribution is 0.0233. The molecule has 1 fully saturated rings. The summed E-state index contributed by atoms with van der Waals surface area (Å²) in [4.78, 5) is 6.65. The van der Waals surface area contributed by atoms with Gasteiger partial charge in [-0.05, 0) is 45.1 Å². The molecule has 0 aromatic carbocycles. The molecule has 106 valence electrons. The lowest BCUT2D eigenvalue weighted by atomic mass is 10.1. The predicted octanol–water partition coefficient (Wildman–Crippen LogP) is 1.32. The Labute approximate surface area is 116 Å². The summed E-state index contributed by atoms with van der Waals surface area (Å²) in [6.07, 6.45) is 5.63. The number of ether oxygens (including phenoxy) is 1. The van der Waals surface area contributed by atoms with Gasteiger partial charge >= 0.3 is 0 Å². The average molecular weight is 263 g/mol. The minimum atomic E-state index is 0.463. The molecule has 0 spiro atoms. The van der Waals surface area contributed by atoms with E-state index in [1.54, 1.807) is 0 Å². The number of pyridine rings is 1. The molecule has 4 nitrogen and oxygen atoms in total. The highest BCUT2D eigenvalue weighted by Crippen LogP contribution is 2.06. The van der Waals surface area contributed by atoms with Gasteiger partial charge in [0.05, 0.1) is 12.7 Å². The molecule has 2 rings (SSSR count). The molecule has 2 heterocycles. The first-order chi connectivity index (χ1) is 9.34. The van der Waals surface area contributed by atoms with E-state index < -0.39 is 0 Å². The zero-order valence-electron chi connectivity index (χ0n) is 11.8. The summed E-state index contributed by atoms with van der Waals surface area (Å²) in [6, 6.07) is 6.09. The number of hydrogen-bond donors (Lipinski definition) is 1. The van der Waals surface area contributed by atoms with E-state index in [2.05, 4.69) is 28.3 Å². The van der Waals surface area contributed by atoms with Crippen LogP contribution in [0.4, 0.5) is 0 Å². The molecule has 1 aromatic rings. The van der Waals surface area contributed by atoms with Gasteiger partial charge in [-0.1, -0.05) is 6.07 Å². The fraction of sp³-hybridized carbons (Fsp3) is 0.667. The molecule has 0 saturated carbocycles. The van der Waals surface area contributed by atoms with Crippen molar-refractivity contribution in [3.05, 3.63) is 30.1 Å². The van der Waals surface area contributed by atoms with Crippen LogP contribution >= 0.6 is 0 Å². The molecule has 1 saturated heterocycles. The van der Waals surface area contributed by atoms with Crippen LogP contribution in [0.3, 0.4) is 0 Å². The molecule has 0 atom stereocenters. The Hall–Kier alpha value is -0.970. The Balaban J connectivity index is 1.55. The molecule has 4 heteroatoms. The van der Waals surface area contributed by atoms with E-state index in [0.29, 0.717) is 6.10 Å². The maximum Gasteiger partial charge on any atom is 0.0600 e. The fourth-order valence-corrected chi connectivity index (χ4v) is 2.30. The summed E-state index contributed by atoms with van der Waals surface area (Å²) in [5.41, 5.74) is 1.16. The van der Waals surface area contributed by atoms with Crippen LogP contribution in [0.15, 0.2) is 24.4 Å². The van der Waals surface area contributed by atoms with Crippen molar-refractivity contribution in [2.75, 3.05) is 39.8 Å². The minimum Gasteiger partial charge on any atom is -0.377 e. The van der Waals surface area contributed by atoms with Crippen LogP contribution in [-0.4, -0.2) is 55.8 Å². The normalized spacial score (nSPS) is 16.9. The van der Waals surface area contributed by atoms with E-state index in [1.165, 1.54) is 0 Å². The van der Waals surface area contributed by atoms with E-state index in [-0.39, 0.29) is 0 Å². The molecule has 0 amide bonds. The first kappa shape index (κ1) is 14.4. The van der Waals surface area contributed by atoms with E-state index in [4.69, 9.17) is 4.74 Å². The van der Waals surface area contributed by atoms with E-state index >= 15 is 0 Å². The van der Waals surface area contributed by atoms with Gasteiger partial charge < -0.3 is 15.0 Å². The molecule has 0 aliphatic carbocycles. The summed E-state index contributed by atoms with van der Waals surface area (Å²) in [6.45, 7) is 5.06. The molecular formula is C15H25N3O. The standard InChI is InChI=1S/C15H25N3O/c1-18(11-7-14-4-2-3-8-17-14)12-13-19-15-5-9-16-10-6-15/h2-4,8,15-16H,5-7,9-13H2,1H3. The molecular weight excluding hydrogens is 238 g/mol. The third kappa shape index (κ3) is 5.68. The average Bonchev–Trinajstić information content (AvgIpc) is 2.47. The fourth-order valence-electron chi connectivity index (χ4n) is 2.30. The highest BCUT2D eigenvalue weighted by Gasteiger charge is 2.12. The molecule has 19 heavy (non-hydrogen) atoms. The number of likely N-dealkylation sites (N-methyl/N-ethyl adjacent to an activating group) is 1. The van der Waals surface area contributed by atoms with Crippen LogP contribution in [0.1, 0.15) is 18.5 Å². The van der Waals surface area contributed by atoms with Gasteiger partial charge in [-0.15, -0.1) is 0 Å². The third-order valence-corrected chi connectivity index (χ3v) is 3.59. The Morgan fingerprint density at radius 2 is 2.16 bits per heavy atom. The second-order valence-corrected chi connectivity index (χ2v) is 5.19. The second-order valence-electron chi connectivity index (χ2n) is 5.19. The number of piperidine rings is 1. The largest absolute Gasteiger partial charge is 0.377 e. The molecule has 0 radical (unpaired) electrons. The van der Waals surface area contributed by atoms with E-state index in [9.17, 15) is 0 Å². The van der Waals surface area contributed by atoms with Gasteiger partial charge in [-0.25, -0.2) is 0 Å². The van der Waals surface area contributed by atoms with Gasteiger partial charge in [0, 0.05) is 31.4 Å². The molecule has 1 N–H and O–H groups in total. The van der Waals surface area contributed by atoms with Crippen molar-refractivity contribution in [2.45, 2.75) is 25.4 Å². The molecule has 1 aliphatic rings. The second kappa shape index (κ2) is 8.25. The molecule has 0 bridgehead atoms. The van der Waals surface area contributed by atoms with Crippen LogP contribution in [0.2, 0.25) is 0 Å². The number of aromatic nitrogens is 1. The molecule has 0 unspecified atom stereocenters. The van der Waals surface area contributed by atoms with Crippen molar-refractivity contribution in [3.63, 3.8) is 0 Å². The summed E-state index contributed by atoms with van der Waals surface area (Å²) in [7, 11) is 2.15. The van der Waals surface area contributed by atoms with Gasteiger partial charge in [-0.3, -0.25) is 4.98 Å². The van der Waals surface area contributed by atoms with Gasteiger partial charge in [-0.2, -0.15) is 0 Å². The van der Waals surface area contributed by atoms with Crippen molar-refractivity contribution < 1.29 is 4.74 Å². The van der Waals surface area contributed by atoms with Crippen LogP contribution in [0, 0.1) is 0 Å². The maximum absolute atomic E-state index is 5.91. The Morgan fingerprint density at radius 1 is 1.32 bits per heavy atom. The monoisotopic (exact) mass is 263 g/mol. The number of rotatable bonds is 7. The molecule has 1 aromatic heterocycles. The van der Waals surface area contributed by atoms with Crippen LogP contribution in [0.5, 0.6) is 0 Å². The highest BCUT2D eigenvalue weighted by atomic mass is 16.5. The lowest BCUT2D eigenvalue weighted by Crippen LogP contribution is -2.34. The van der Waals surface area contributed by atoms with Crippen molar-refractivity contribution in [2.24, 2.45) is 0 Å². The maximum atomic E-state index is 5.91. The van der Waals surface area contributed by atoms with Crippen LogP contribution < -0.4 is 5.32 Å². The van der Waals surface area contributed by atoms with Crippen LogP contribution in [0.25, 0.3) is 0 Å². The Kier molecular flexibility index (Phi) is 6.27. The Morgan fingerprint density at radius 3 is 2.89 bits per heavy atom.